The lowest BCUT2D eigenvalue weighted by molar-refractivity contribution is 0.0358. The zero-order chi connectivity index (χ0) is 23.8. The number of carbonyl (C=O) groups is 1. The number of rotatable bonds is 5. The molecule has 0 amide bonds. The van der Waals surface area contributed by atoms with Crippen molar-refractivity contribution in [2.24, 2.45) is 0 Å². The molecule has 4 aliphatic rings. The van der Waals surface area contributed by atoms with Gasteiger partial charge in [-0.3, -0.25) is 9.69 Å². The van der Waals surface area contributed by atoms with E-state index in [1.54, 1.807) is 0 Å². The van der Waals surface area contributed by atoms with Crippen molar-refractivity contribution in [3.63, 3.8) is 0 Å². The van der Waals surface area contributed by atoms with Crippen LogP contribution < -0.4 is 4.74 Å². The van der Waals surface area contributed by atoms with Gasteiger partial charge in [0.1, 0.15) is 5.75 Å². The number of ether oxygens (including phenoxy) is 3. The molecule has 35 heavy (non-hydrogen) atoms. The Morgan fingerprint density at radius 2 is 1.77 bits per heavy atom. The SMILES string of the molecule is N#Cc1ccc2c(c1)CC1=C2C(=O)c2ccc(OCCCN3CCOCC3)cc2C12CCOCC2. The number of morpholine rings is 1. The molecule has 6 heteroatoms. The largest absolute Gasteiger partial charge is 0.494 e. The Balaban J connectivity index is 1.29. The molecule has 2 aromatic carbocycles. The van der Waals surface area contributed by atoms with E-state index in [0.29, 0.717) is 25.4 Å². The van der Waals surface area contributed by atoms with Gasteiger partial charge in [-0.2, -0.15) is 5.26 Å². The standard InChI is InChI=1S/C29H30N2O4/c30-19-20-2-4-23-21(16-20)17-26-27(23)28(32)24-5-3-22(18-25(24)29(26)6-12-33-13-7-29)35-11-1-8-31-9-14-34-15-10-31/h2-5,16,18H,1,6-15,17H2. The summed E-state index contributed by atoms with van der Waals surface area (Å²) < 4.78 is 17.4. The minimum Gasteiger partial charge on any atom is -0.494 e. The van der Waals surface area contributed by atoms with E-state index < -0.39 is 0 Å². The number of hydrogen-bond donors (Lipinski definition) is 0. The Morgan fingerprint density at radius 1 is 1.00 bits per heavy atom. The third kappa shape index (κ3) is 3.88. The van der Waals surface area contributed by atoms with E-state index >= 15 is 0 Å². The van der Waals surface area contributed by atoms with Crippen molar-refractivity contribution < 1.29 is 19.0 Å². The molecule has 0 aromatic heterocycles. The summed E-state index contributed by atoms with van der Waals surface area (Å²) in [4.78, 5) is 16.2. The molecular weight excluding hydrogens is 440 g/mol. The Bertz CT molecular complexity index is 1230. The van der Waals surface area contributed by atoms with Crippen LogP contribution >= 0.6 is 0 Å². The topological polar surface area (TPSA) is 71.8 Å². The monoisotopic (exact) mass is 470 g/mol. The highest BCUT2D eigenvalue weighted by atomic mass is 16.5. The first-order chi connectivity index (χ1) is 17.2. The van der Waals surface area contributed by atoms with E-state index in [1.165, 1.54) is 5.57 Å². The highest BCUT2D eigenvalue weighted by molar-refractivity contribution is 6.33. The van der Waals surface area contributed by atoms with Gasteiger partial charge in [0, 0.05) is 49.4 Å². The number of allylic oxidation sites excluding steroid dienone is 2. The van der Waals surface area contributed by atoms with Crippen LogP contribution in [0.2, 0.25) is 0 Å². The number of fused-ring (bicyclic) bond motifs is 5. The molecule has 0 N–H and O–H groups in total. The number of ketones is 1. The van der Waals surface area contributed by atoms with E-state index in [9.17, 15) is 10.1 Å². The van der Waals surface area contributed by atoms with Crippen LogP contribution in [0.25, 0.3) is 5.57 Å². The Morgan fingerprint density at radius 3 is 2.57 bits per heavy atom. The fourth-order valence-electron chi connectivity index (χ4n) is 6.26. The van der Waals surface area contributed by atoms with Gasteiger partial charge in [-0.25, -0.2) is 0 Å². The normalized spacial score (nSPS) is 20.8. The lowest BCUT2D eigenvalue weighted by Crippen LogP contribution is -2.40. The van der Waals surface area contributed by atoms with Crippen LogP contribution in [-0.4, -0.2) is 63.4 Å². The summed E-state index contributed by atoms with van der Waals surface area (Å²) in [5.74, 6) is 0.921. The molecule has 2 aromatic rings. The molecule has 2 aliphatic carbocycles. The highest BCUT2D eigenvalue weighted by Gasteiger charge is 2.48. The van der Waals surface area contributed by atoms with Crippen LogP contribution in [0.4, 0.5) is 0 Å². The lowest BCUT2D eigenvalue weighted by Gasteiger charge is -2.43. The molecule has 2 aliphatic heterocycles. The van der Waals surface area contributed by atoms with Crippen molar-refractivity contribution >= 4 is 11.4 Å². The van der Waals surface area contributed by atoms with Crippen molar-refractivity contribution in [2.45, 2.75) is 31.1 Å². The van der Waals surface area contributed by atoms with E-state index in [4.69, 9.17) is 14.2 Å². The second-order valence-electron chi connectivity index (χ2n) is 9.90. The van der Waals surface area contributed by atoms with Crippen molar-refractivity contribution in [2.75, 3.05) is 52.7 Å². The second-order valence-corrected chi connectivity index (χ2v) is 9.90. The van der Waals surface area contributed by atoms with Gasteiger partial charge in [-0.15, -0.1) is 0 Å². The van der Waals surface area contributed by atoms with Crippen molar-refractivity contribution in [1.82, 2.24) is 4.90 Å². The first kappa shape index (κ1) is 22.5. The maximum Gasteiger partial charge on any atom is 0.193 e. The minimum atomic E-state index is -0.226. The molecule has 2 saturated heterocycles. The van der Waals surface area contributed by atoms with Gasteiger partial charge in [0.2, 0.25) is 0 Å². The predicted octanol–water partition coefficient (Wildman–Crippen LogP) is 3.91. The van der Waals surface area contributed by atoms with E-state index in [-0.39, 0.29) is 11.2 Å². The average Bonchev–Trinajstić information content (AvgIpc) is 3.31. The van der Waals surface area contributed by atoms with Crippen LogP contribution in [0.15, 0.2) is 42.0 Å². The summed E-state index contributed by atoms with van der Waals surface area (Å²) in [5.41, 5.74) is 6.40. The van der Waals surface area contributed by atoms with E-state index in [0.717, 1.165) is 92.1 Å². The Hall–Kier alpha value is -2.98. The predicted molar refractivity (Wildman–Crippen MR) is 132 cm³/mol. The average molecular weight is 471 g/mol. The Kier molecular flexibility index (Phi) is 5.93. The molecule has 2 fully saturated rings. The zero-order valence-electron chi connectivity index (χ0n) is 20.0. The zero-order valence-corrected chi connectivity index (χ0v) is 20.0. The smallest absolute Gasteiger partial charge is 0.193 e. The number of benzene rings is 2. The van der Waals surface area contributed by atoms with Gasteiger partial charge in [0.05, 0.1) is 31.5 Å². The van der Waals surface area contributed by atoms with Gasteiger partial charge >= 0.3 is 0 Å². The first-order valence-corrected chi connectivity index (χ1v) is 12.7. The van der Waals surface area contributed by atoms with Crippen LogP contribution in [-0.2, 0) is 21.3 Å². The summed E-state index contributed by atoms with van der Waals surface area (Å²) in [5, 5.41) is 9.39. The highest BCUT2D eigenvalue weighted by Crippen LogP contribution is 2.54. The molecule has 0 saturated carbocycles. The van der Waals surface area contributed by atoms with Crippen molar-refractivity contribution in [1.29, 1.82) is 5.26 Å². The third-order valence-corrected chi connectivity index (χ3v) is 8.07. The van der Waals surface area contributed by atoms with Crippen LogP contribution in [0.1, 0.15) is 51.9 Å². The molecular formula is C29H30N2O4. The summed E-state index contributed by atoms with van der Waals surface area (Å²) in [6.07, 6.45) is 3.38. The molecule has 0 bridgehead atoms. The van der Waals surface area contributed by atoms with Gasteiger partial charge in [0.15, 0.2) is 5.78 Å². The van der Waals surface area contributed by atoms with Crippen LogP contribution in [0.3, 0.4) is 0 Å². The maximum absolute atomic E-state index is 13.8. The number of nitrogens with zero attached hydrogens (tertiary/aromatic N) is 2. The number of hydrogen-bond acceptors (Lipinski definition) is 6. The van der Waals surface area contributed by atoms with Gasteiger partial charge in [-0.05, 0) is 78.3 Å². The quantitative estimate of drug-likeness (QED) is 0.617. The Labute approximate surface area is 206 Å². The molecule has 0 atom stereocenters. The molecule has 0 unspecified atom stereocenters. The van der Waals surface area contributed by atoms with Crippen LogP contribution in [0, 0.1) is 11.3 Å². The third-order valence-electron chi connectivity index (χ3n) is 8.07. The van der Waals surface area contributed by atoms with Crippen LogP contribution in [0.5, 0.6) is 5.75 Å². The summed E-state index contributed by atoms with van der Waals surface area (Å²) in [6, 6.07) is 14.0. The second kappa shape index (κ2) is 9.23. The fourth-order valence-corrected chi connectivity index (χ4v) is 6.26. The minimum absolute atomic E-state index is 0.0921. The van der Waals surface area contributed by atoms with Crippen molar-refractivity contribution in [3.05, 3.63) is 69.8 Å². The van der Waals surface area contributed by atoms with E-state index in [1.807, 2.05) is 30.3 Å². The number of nitriles is 1. The lowest BCUT2D eigenvalue weighted by atomic mass is 9.62. The molecule has 6 rings (SSSR count). The molecule has 0 radical (unpaired) electrons. The number of carbonyl (C=O) groups excluding carboxylic acids is 1. The van der Waals surface area contributed by atoms with Gasteiger partial charge < -0.3 is 14.2 Å². The summed E-state index contributed by atoms with van der Waals surface area (Å²) in [6.45, 7) is 6.60. The van der Waals surface area contributed by atoms with Gasteiger partial charge in [-0.1, -0.05) is 6.07 Å². The summed E-state index contributed by atoms with van der Waals surface area (Å²) in [7, 11) is 0. The first-order valence-electron chi connectivity index (χ1n) is 12.7. The maximum atomic E-state index is 13.8. The molecule has 6 nitrogen and oxygen atoms in total. The van der Waals surface area contributed by atoms with E-state index in [2.05, 4.69) is 17.0 Å². The fraction of sp³-hybridized carbons (Fsp3) is 0.448. The summed E-state index contributed by atoms with van der Waals surface area (Å²) >= 11 is 0. The van der Waals surface area contributed by atoms with Gasteiger partial charge in [0.25, 0.3) is 0 Å². The molecule has 180 valence electrons. The molecule has 1 spiro atoms. The van der Waals surface area contributed by atoms with Crippen molar-refractivity contribution in [3.8, 4) is 11.8 Å². The molecule has 2 heterocycles. The number of Topliss-reactive ketones (excluding diaryl/α,β-unsaturated/α-hetero) is 1.